The largest absolute Gasteiger partial charge is 0.0656 e. The third-order valence-electron chi connectivity index (χ3n) is 8.29. The summed E-state index contributed by atoms with van der Waals surface area (Å²) in [7, 11) is 0. The van der Waals surface area contributed by atoms with Gasteiger partial charge in [0.2, 0.25) is 0 Å². The second-order valence-corrected chi connectivity index (χ2v) is 9.17. The summed E-state index contributed by atoms with van der Waals surface area (Å²) in [6, 6.07) is 0. The van der Waals surface area contributed by atoms with Gasteiger partial charge in [-0.3, -0.25) is 0 Å². The summed E-state index contributed by atoms with van der Waals surface area (Å²) in [5.41, 5.74) is 0. The summed E-state index contributed by atoms with van der Waals surface area (Å²) in [6.07, 6.45) is 0.0833. The maximum atomic E-state index is 6.58. The van der Waals surface area contributed by atoms with Crippen molar-refractivity contribution in [2.75, 3.05) is 0 Å². The molecule has 0 aromatic carbocycles. The first-order valence-electron chi connectivity index (χ1n) is 10.8. The van der Waals surface area contributed by atoms with E-state index in [-0.39, 0.29) is 6.40 Å². The molecule has 0 N–H and O–H groups in total. The molecule has 2 saturated carbocycles. The monoisotopic (exact) mass is 325 g/mol. The van der Waals surface area contributed by atoms with Crippen LogP contribution in [0.25, 0.3) is 0 Å². The summed E-state index contributed by atoms with van der Waals surface area (Å²) < 4.78 is 6.58. The van der Waals surface area contributed by atoms with Gasteiger partial charge < -0.3 is 0 Å². The summed E-state index contributed by atoms with van der Waals surface area (Å²) in [5, 5.41) is 0. The first-order valence-corrected chi connectivity index (χ1v) is 10.3. The van der Waals surface area contributed by atoms with Crippen molar-refractivity contribution in [3.8, 4) is 0 Å². The predicted molar refractivity (Wildman–Crippen MR) is 108 cm³/mol. The molecular formula is C23H48. The van der Waals surface area contributed by atoms with Crippen LogP contribution in [0.15, 0.2) is 0 Å². The topological polar surface area (TPSA) is 0 Å². The van der Waals surface area contributed by atoms with Gasteiger partial charge in [-0.1, -0.05) is 89.5 Å². The van der Waals surface area contributed by atoms with E-state index in [0.29, 0.717) is 0 Å². The zero-order chi connectivity index (χ0) is 19.4. The van der Waals surface area contributed by atoms with E-state index in [1.54, 1.807) is 0 Å². The highest BCUT2D eigenvalue weighted by Gasteiger charge is 2.39. The van der Waals surface area contributed by atoms with E-state index < -0.39 is 0 Å². The first kappa shape index (κ1) is 21.0. The lowest BCUT2D eigenvalue weighted by atomic mass is 9.92. The van der Waals surface area contributed by atoms with Crippen molar-refractivity contribution in [3.05, 3.63) is 0 Å². The molecule has 0 nitrogen and oxygen atoms in total. The average molecular weight is 326 g/mol. The fourth-order valence-corrected chi connectivity index (χ4v) is 4.79. The highest BCUT2D eigenvalue weighted by molar-refractivity contribution is 4.87. The second-order valence-electron chi connectivity index (χ2n) is 9.17. The van der Waals surface area contributed by atoms with Gasteiger partial charge in [0.25, 0.3) is 0 Å². The summed E-state index contributed by atoms with van der Waals surface area (Å²) in [4.78, 5) is 0. The van der Waals surface area contributed by atoms with E-state index in [0.717, 1.165) is 59.2 Å². The van der Waals surface area contributed by atoms with Crippen molar-refractivity contribution < 1.29 is 1.37 Å². The molecule has 0 heterocycles. The zero-order valence-electron chi connectivity index (χ0n) is 19.4. The molecular weight excluding hydrogens is 276 g/mol. The van der Waals surface area contributed by atoms with Gasteiger partial charge in [-0.2, -0.15) is 0 Å². The Morgan fingerprint density at radius 2 is 0.435 bits per heavy atom. The van der Waals surface area contributed by atoms with E-state index in [2.05, 4.69) is 69.2 Å². The maximum Gasteiger partial charge on any atom is 0.0261 e. The molecule has 23 heavy (non-hydrogen) atoms. The minimum absolute atomic E-state index is 0.0833. The molecule has 140 valence electrons. The van der Waals surface area contributed by atoms with Crippen LogP contribution in [0.5, 0.6) is 0 Å². The van der Waals surface area contributed by atoms with Crippen LogP contribution in [0, 0.1) is 59.2 Å². The highest BCUT2D eigenvalue weighted by atomic mass is 14.4. The molecule has 2 rings (SSSR count). The molecule has 2 fully saturated rings. The molecule has 0 radical (unpaired) electrons. The van der Waals surface area contributed by atoms with E-state index in [1.165, 1.54) is 0 Å². The normalized spacial score (nSPS) is 49.9. The Labute approximate surface area is 150 Å². The first-order chi connectivity index (χ1) is 10.8. The molecule has 0 heteroatoms. The van der Waals surface area contributed by atoms with Crippen LogP contribution in [0.4, 0.5) is 0 Å². The van der Waals surface area contributed by atoms with Crippen molar-refractivity contribution in [2.45, 2.75) is 89.5 Å². The van der Waals surface area contributed by atoms with Crippen LogP contribution < -0.4 is 0 Å². The Hall–Kier alpha value is 0. The lowest BCUT2D eigenvalue weighted by Gasteiger charge is -2.14. The van der Waals surface area contributed by atoms with E-state index >= 15 is 0 Å². The van der Waals surface area contributed by atoms with Gasteiger partial charge in [0, 0.05) is 1.37 Å². The van der Waals surface area contributed by atoms with Crippen molar-refractivity contribution in [1.82, 2.24) is 0 Å². The van der Waals surface area contributed by atoms with Crippen LogP contribution in [0.2, 0.25) is 0 Å². The molecule has 0 atom stereocenters. The Bertz CT molecular complexity index is 215. The molecule has 0 aromatic heterocycles. The fraction of sp³-hybridized carbons (Fsp3) is 1.00. The SMILES string of the molecule is CC1C(C)C(C)C(C)C1C.CC1C(C)C(C)C(C)C1C.[2H]C(C)C. The average Bonchev–Trinajstić information content (AvgIpc) is 2.78. The van der Waals surface area contributed by atoms with E-state index in [4.69, 9.17) is 1.37 Å². The van der Waals surface area contributed by atoms with Crippen molar-refractivity contribution in [2.24, 2.45) is 59.2 Å². The highest BCUT2D eigenvalue weighted by Crippen LogP contribution is 2.45. The van der Waals surface area contributed by atoms with Crippen LogP contribution in [0.1, 0.15) is 90.9 Å². The molecule has 0 amide bonds. The summed E-state index contributed by atoms with van der Waals surface area (Å²) in [6.45, 7) is 27.6. The maximum absolute atomic E-state index is 6.58. The van der Waals surface area contributed by atoms with Crippen LogP contribution in [0.3, 0.4) is 0 Å². The minimum Gasteiger partial charge on any atom is -0.0656 e. The van der Waals surface area contributed by atoms with Crippen LogP contribution in [-0.4, -0.2) is 0 Å². The van der Waals surface area contributed by atoms with Crippen molar-refractivity contribution >= 4 is 0 Å². The minimum atomic E-state index is 0.0833. The smallest absolute Gasteiger partial charge is 0.0261 e. The molecule has 0 aromatic rings. The van der Waals surface area contributed by atoms with Crippen LogP contribution >= 0.6 is 0 Å². The van der Waals surface area contributed by atoms with E-state index in [9.17, 15) is 0 Å². The molecule has 0 unspecified atom stereocenters. The molecule has 0 aliphatic heterocycles. The lowest BCUT2D eigenvalue weighted by Crippen LogP contribution is -2.07. The summed E-state index contributed by atoms with van der Waals surface area (Å²) in [5.74, 6) is 9.35. The van der Waals surface area contributed by atoms with Crippen LogP contribution in [-0.2, 0) is 0 Å². The third-order valence-corrected chi connectivity index (χ3v) is 8.29. The number of hydrogen-bond acceptors (Lipinski definition) is 0. The quantitative estimate of drug-likeness (QED) is 0.426. The van der Waals surface area contributed by atoms with E-state index in [1.807, 2.05) is 13.8 Å². The van der Waals surface area contributed by atoms with Crippen molar-refractivity contribution in [3.63, 3.8) is 0 Å². The molecule has 2 aliphatic carbocycles. The van der Waals surface area contributed by atoms with Gasteiger partial charge >= 0.3 is 0 Å². The second kappa shape index (κ2) is 10.1. The fourth-order valence-electron chi connectivity index (χ4n) is 4.79. The Kier molecular flexibility index (Phi) is 9.24. The van der Waals surface area contributed by atoms with Gasteiger partial charge in [-0.15, -0.1) is 0 Å². The third kappa shape index (κ3) is 5.50. The van der Waals surface area contributed by atoms with Gasteiger partial charge in [0.15, 0.2) is 0 Å². The molecule has 0 spiro atoms. The summed E-state index contributed by atoms with van der Waals surface area (Å²) >= 11 is 0. The zero-order valence-corrected chi connectivity index (χ0v) is 18.4. The lowest BCUT2D eigenvalue weighted by molar-refractivity contribution is 0.352. The van der Waals surface area contributed by atoms with Gasteiger partial charge in [0.1, 0.15) is 0 Å². The predicted octanol–water partition coefficient (Wildman–Crippen LogP) is 7.78. The Morgan fingerprint density at radius 1 is 0.391 bits per heavy atom. The van der Waals surface area contributed by atoms with Crippen molar-refractivity contribution in [1.29, 1.82) is 0 Å². The standard InChI is InChI=1S/2C10H20.C3H8/c2*1-6-7(2)9(4)10(5)8(6)3;1-3-2/h2*6-10H,1-5H3;3H2,1-2H3/i;;3D. The Morgan fingerprint density at radius 3 is 0.478 bits per heavy atom. The van der Waals surface area contributed by atoms with Gasteiger partial charge in [0.05, 0.1) is 0 Å². The number of hydrogen-bond donors (Lipinski definition) is 0. The van der Waals surface area contributed by atoms with Gasteiger partial charge in [-0.05, 0) is 59.2 Å². The Balaban J connectivity index is 0.000000363. The molecule has 2 aliphatic rings. The molecule has 0 saturated heterocycles. The molecule has 0 bridgehead atoms. The number of rotatable bonds is 0. The van der Waals surface area contributed by atoms with Gasteiger partial charge in [-0.25, -0.2) is 0 Å².